The number of carboxylic acid groups (broad SMARTS) is 1. The van der Waals surface area contributed by atoms with Crippen molar-refractivity contribution in [2.45, 2.75) is 36.9 Å². The van der Waals surface area contributed by atoms with Gasteiger partial charge in [0.05, 0.1) is 6.54 Å². The number of carbonyl (C=O) groups excluding carboxylic acids is 1. The number of hydrogen-bond donors (Lipinski definition) is 2. The summed E-state index contributed by atoms with van der Waals surface area (Å²) in [6.07, 6.45) is 6.44. The first-order chi connectivity index (χ1) is 9.10. The Labute approximate surface area is 118 Å². The average Bonchev–Trinajstić information content (AvgIpc) is 2.37. The van der Waals surface area contributed by atoms with Crippen LogP contribution in [0.5, 0.6) is 0 Å². The highest BCUT2D eigenvalue weighted by Gasteiger charge is 2.37. The van der Waals surface area contributed by atoms with Crippen molar-refractivity contribution in [2.24, 2.45) is 0 Å². The van der Waals surface area contributed by atoms with Crippen molar-refractivity contribution in [3.8, 4) is 0 Å². The molecule has 108 valence electrons. The van der Waals surface area contributed by atoms with E-state index in [0.29, 0.717) is 11.3 Å². The Balaban J connectivity index is 1.80. The quantitative estimate of drug-likeness (QED) is 0.805. The molecule has 0 radical (unpaired) electrons. The second kappa shape index (κ2) is 6.61. The molecule has 6 heteroatoms. The fourth-order valence-electron chi connectivity index (χ4n) is 2.99. The maximum atomic E-state index is 11.7. The van der Waals surface area contributed by atoms with Gasteiger partial charge in [-0.05, 0) is 12.8 Å². The summed E-state index contributed by atoms with van der Waals surface area (Å²) in [5, 5.41) is 11.0. The van der Waals surface area contributed by atoms with Crippen molar-refractivity contribution in [3.63, 3.8) is 0 Å². The van der Waals surface area contributed by atoms with E-state index in [-0.39, 0.29) is 12.5 Å². The molecule has 1 amide bonds. The molecule has 2 fully saturated rings. The van der Waals surface area contributed by atoms with Gasteiger partial charge in [-0.3, -0.25) is 14.5 Å². The standard InChI is InChI=1S/C13H22N2O3S/c16-11(14-8-12(17)18)9-15-6-7-19-13(10-15)4-2-1-3-5-13/h1-10H2,(H,14,16)(H,17,18). The van der Waals surface area contributed by atoms with Crippen LogP contribution in [0.25, 0.3) is 0 Å². The van der Waals surface area contributed by atoms with Gasteiger partial charge in [0, 0.05) is 23.6 Å². The first kappa shape index (κ1) is 14.7. The van der Waals surface area contributed by atoms with Crippen molar-refractivity contribution in [1.82, 2.24) is 10.2 Å². The number of nitrogens with zero attached hydrogens (tertiary/aromatic N) is 1. The third kappa shape index (κ3) is 4.38. The van der Waals surface area contributed by atoms with Crippen LogP contribution in [-0.4, -0.2) is 58.6 Å². The SMILES string of the molecule is O=C(O)CNC(=O)CN1CCSC2(CCCCC2)C1. The minimum Gasteiger partial charge on any atom is -0.480 e. The van der Waals surface area contributed by atoms with E-state index in [4.69, 9.17) is 5.11 Å². The third-order valence-corrected chi connectivity index (χ3v) is 5.43. The molecule has 1 spiro atoms. The van der Waals surface area contributed by atoms with Crippen LogP contribution in [0.3, 0.4) is 0 Å². The van der Waals surface area contributed by atoms with Gasteiger partial charge in [0.1, 0.15) is 6.54 Å². The topological polar surface area (TPSA) is 69.6 Å². The summed E-state index contributed by atoms with van der Waals surface area (Å²) >= 11 is 2.07. The number of carbonyl (C=O) groups is 2. The van der Waals surface area contributed by atoms with E-state index in [1.54, 1.807) is 0 Å². The smallest absolute Gasteiger partial charge is 0.322 e. The van der Waals surface area contributed by atoms with E-state index >= 15 is 0 Å². The second-order valence-corrected chi connectivity index (χ2v) is 7.04. The monoisotopic (exact) mass is 286 g/mol. The number of aliphatic carboxylic acids is 1. The molecule has 0 aromatic carbocycles. The van der Waals surface area contributed by atoms with Gasteiger partial charge in [-0.2, -0.15) is 11.8 Å². The lowest BCUT2D eigenvalue weighted by atomic mass is 9.87. The average molecular weight is 286 g/mol. The summed E-state index contributed by atoms with van der Waals surface area (Å²) < 4.78 is 0.351. The van der Waals surface area contributed by atoms with E-state index < -0.39 is 5.97 Å². The minimum absolute atomic E-state index is 0.180. The molecule has 2 rings (SSSR count). The van der Waals surface area contributed by atoms with Crippen LogP contribution in [0.2, 0.25) is 0 Å². The Hall–Kier alpha value is -0.750. The molecule has 0 unspecified atom stereocenters. The number of thioether (sulfide) groups is 1. The lowest BCUT2D eigenvalue weighted by molar-refractivity contribution is -0.138. The summed E-state index contributed by atoms with van der Waals surface area (Å²) in [6, 6.07) is 0. The van der Waals surface area contributed by atoms with E-state index in [1.165, 1.54) is 32.1 Å². The van der Waals surface area contributed by atoms with Crippen LogP contribution < -0.4 is 5.32 Å². The van der Waals surface area contributed by atoms with Crippen molar-refractivity contribution >= 4 is 23.6 Å². The Morgan fingerprint density at radius 3 is 2.68 bits per heavy atom. The van der Waals surface area contributed by atoms with Gasteiger partial charge in [0.25, 0.3) is 0 Å². The first-order valence-electron chi connectivity index (χ1n) is 6.94. The van der Waals surface area contributed by atoms with E-state index in [1.807, 2.05) is 0 Å². The molecular formula is C13H22N2O3S. The molecular weight excluding hydrogens is 264 g/mol. The van der Waals surface area contributed by atoms with Gasteiger partial charge in [0.15, 0.2) is 0 Å². The van der Waals surface area contributed by atoms with Crippen LogP contribution >= 0.6 is 11.8 Å². The highest BCUT2D eigenvalue weighted by Crippen LogP contribution is 2.42. The molecule has 1 saturated carbocycles. The Bertz CT molecular complexity index is 337. The molecule has 0 aromatic heterocycles. The molecule has 5 nitrogen and oxygen atoms in total. The van der Waals surface area contributed by atoms with E-state index in [0.717, 1.165) is 18.8 Å². The summed E-state index contributed by atoms with van der Waals surface area (Å²) in [5.74, 6) is -0.0989. The highest BCUT2D eigenvalue weighted by atomic mass is 32.2. The molecule has 0 bridgehead atoms. The maximum absolute atomic E-state index is 11.7. The number of amides is 1. The molecule has 1 heterocycles. The summed E-state index contributed by atoms with van der Waals surface area (Å²) in [6.45, 7) is 1.94. The summed E-state index contributed by atoms with van der Waals surface area (Å²) in [4.78, 5) is 24.3. The van der Waals surface area contributed by atoms with Crippen molar-refractivity contribution in [3.05, 3.63) is 0 Å². The first-order valence-corrected chi connectivity index (χ1v) is 7.93. The Morgan fingerprint density at radius 1 is 1.26 bits per heavy atom. The van der Waals surface area contributed by atoms with Gasteiger partial charge in [-0.25, -0.2) is 0 Å². The number of rotatable bonds is 4. The number of hydrogen-bond acceptors (Lipinski definition) is 4. The zero-order valence-corrected chi connectivity index (χ0v) is 12.0. The van der Waals surface area contributed by atoms with Crippen molar-refractivity contribution < 1.29 is 14.7 Å². The van der Waals surface area contributed by atoms with Gasteiger partial charge in [0.2, 0.25) is 5.91 Å². The Morgan fingerprint density at radius 2 is 2.00 bits per heavy atom. The molecule has 1 saturated heterocycles. The summed E-state index contributed by atoms with van der Waals surface area (Å²) in [5.41, 5.74) is 0. The van der Waals surface area contributed by atoms with Gasteiger partial charge in [-0.1, -0.05) is 19.3 Å². The maximum Gasteiger partial charge on any atom is 0.322 e. The molecule has 0 atom stereocenters. The highest BCUT2D eigenvalue weighted by molar-refractivity contribution is 8.00. The molecule has 1 aliphatic carbocycles. The predicted octanol–water partition coefficient (Wildman–Crippen LogP) is 0.939. The van der Waals surface area contributed by atoms with Crippen LogP contribution in [0.15, 0.2) is 0 Å². The fourth-order valence-corrected chi connectivity index (χ4v) is 4.62. The van der Waals surface area contributed by atoms with E-state index in [9.17, 15) is 9.59 Å². The van der Waals surface area contributed by atoms with E-state index in [2.05, 4.69) is 22.0 Å². The molecule has 19 heavy (non-hydrogen) atoms. The lowest BCUT2D eigenvalue weighted by Crippen LogP contribution is -2.50. The fraction of sp³-hybridized carbons (Fsp3) is 0.846. The minimum atomic E-state index is -0.994. The van der Waals surface area contributed by atoms with Crippen molar-refractivity contribution in [2.75, 3.05) is 31.9 Å². The largest absolute Gasteiger partial charge is 0.480 e. The van der Waals surface area contributed by atoms with Crippen LogP contribution in [-0.2, 0) is 9.59 Å². The van der Waals surface area contributed by atoms with Gasteiger partial charge >= 0.3 is 5.97 Å². The second-order valence-electron chi connectivity index (χ2n) is 5.47. The predicted molar refractivity (Wildman–Crippen MR) is 75.4 cm³/mol. The molecule has 2 aliphatic rings. The van der Waals surface area contributed by atoms with Crippen molar-refractivity contribution in [1.29, 1.82) is 0 Å². The summed E-state index contributed by atoms with van der Waals surface area (Å²) in [7, 11) is 0. The van der Waals surface area contributed by atoms with Gasteiger partial charge < -0.3 is 10.4 Å². The molecule has 1 aliphatic heterocycles. The zero-order valence-electron chi connectivity index (χ0n) is 11.2. The van der Waals surface area contributed by atoms with Crippen LogP contribution in [0.1, 0.15) is 32.1 Å². The lowest BCUT2D eigenvalue weighted by Gasteiger charge is -2.44. The van der Waals surface area contributed by atoms with Gasteiger partial charge in [-0.15, -0.1) is 0 Å². The number of carboxylic acids is 1. The van der Waals surface area contributed by atoms with Crippen LogP contribution in [0, 0.1) is 0 Å². The Kier molecular flexibility index (Phi) is 5.10. The van der Waals surface area contributed by atoms with Crippen LogP contribution in [0.4, 0.5) is 0 Å². The molecule has 2 N–H and O–H groups in total. The normalized spacial score (nSPS) is 23.2. The number of nitrogens with one attached hydrogen (secondary N) is 1. The third-order valence-electron chi connectivity index (χ3n) is 3.90. The molecule has 0 aromatic rings. The zero-order chi connectivity index (χ0) is 13.7.